The minimum absolute atomic E-state index is 0.0519. The lowest BCUT2D eigenvalue weighted by molar-refractivity contribution is -0.262. The summed E-state index contributed by atoms with van der Waals surface area (Å²) in [7, 11) is 3.97. The molecule has 0 aromatic rings. The summed E-state index contributed by atoms with van der Waals surface area (Å²) in [5.41, 5.74) is 12.0. The quantitative estimate of drug-likeness (QED) is 0.138. The molecule has 6 aliphatic heterocycles. The largest absolute Gasteiger partial charge is 0.457 e. The fourth-order valence-corrected chi connectivity index (χ4v) is 15.4. The number of aliphatic hydroxyl groups excluding tert-OH is 1. The monoisotopic (exact) mass is 750 g/mol. The van der Waals surface area contributed by atoms with Gasteiger partial charge >= 0.3 is 5.97 Å². The first-order valence-electron chi connectivity index (χ1n) is 20.1. The van der Waals surface area contributed by atoms with E-state index < -0.39 is 29.3 Å². The van der Waals surface area contributed by atoms with E-state index in [-0.39, 0.29) is 59.2 Å². The molecule has 13 heteroatoms. The topological polar surface area (TPSA) is 171 Å². The number of nitrogens with one attached hydrogen (secondary N) is 2. The number of fused-ring (bicyclic) bond motifs is 9. The highest BCUT2D eigenvalue weighted by Crippen LogP contribution is 2.56. The molecule has 6 saturated heterocycles. The molecule has 2 saturated carbocycles. The number of ketones is 1. The highest BCUT2D eigenvalue weighted by Gasteiger charge is 2.63. The van der Waals surface area contributed by atoms with E-state index in [4.69, 9.17) is 30.4 Å². The van der Waals surface area contributed by atoms with E-state index in [9.17, 15) is 14.7 Å². The van der Waals surface area contributed by atoms with Gasteiger partial charge in [0.25, 0.3) is 0 Å². The molecule has 12 unspecified atom stereocenters. The number of esters is 1. The number of epoxide rings is 1. The number of rotatable bonds is 0. The van der Waals surface area contributed by atoms with Gasteiger partial charge in [0, 0.05) is 41.2 Å². The Balaban J connectivity index is 1.08. The summed E-state index contributed by atoms with van der Waals surface area (Å²) in [5, 5.41) is 19.2. The average molecular weight is 751 g/mol. The minimum atomic E-state index is -0.998. The van der Waals surface area contributed by atoms with Crippen LogP contribution in [0.15, 0.2) is 0 Å². The lowest BCUT2D eigenvalue weighted by Crippen LogP contribution is -2.65. The van der Waals surface area contributed by atoms with Crippen LogP contribution in [0.5, 0.6) is 0 Å². The molecule has 8 fully saturated rings. The predicted octanol–water partition coefficient (Wildman–Crippen LogP) is 3.78. The number of carbonyl (C=O) groups is 2. The summed E-state index contributed by atoms with van der Waals surface area (Å²) in [6, 6.07) is 0.316. The smallest absolute Gasteiger partial charge is 0.341 e. The molecule has 8 rings (SSSR count). The second-order valence-corrected chi connectivity index (χ2v) is 20.7. The number of nitrogens with two attached hydrogens (primary N) is 2. The number of hydrogen-bond acceptors (Lipinski definition) is 13. The van der Waals surface area contributed by atoms with Crippen molar-refractivity contribution in [2.75, 3.05) is 12.3 Å². The zero-order valence-electron chi connectivity index (χ0n) is 30.8. The van der Waals surface area contributed by atoms with E-state index in [0.717, 1.165) is 57.2 Å². The summed E-state index contributed by atoms with van der Waals surface area (Å²) in [6.45, 7) is 6.79. The number of Topliss-reactive ketones (excluding diaryl/α,β-unsaturated/α-hetero) is 1. The van der Waals surface area contributed by atoms with E-state index in [1.165, 1.54) is 19.3 Å². The van der Waals surface area contributed by atoms with Crippen molar-refractivity contribution in [2.24, 2.45) is 41.1 Å². The molecule has 1 spiro atoms. The number of ether oxygens (including phenoxy) is 4. The van der Waals surface area contributed by atoms with Gasteiger partial charge in [0.05, 0.1) is 48.8 Å². The summed E-state index contributed by atoms with van der Waals surface area (Å²) in [5.74, 6) is 0.860. The van der Waals surface area contributed by atoms with Crippen LogP contribution in [0.3, 0.4) is 0 Å². The molecule has 0 aromatic heterocycles. The van der Waals surface area contributed by atoms with Gasteiger partial charge in [-0.15, -0.1) is 0 Å². The van der Waals surface area contributed by atoms with E-state index in [2.05, 4.69) is 28.4 Å². The van der Waals surface area contributed by atoms with Crippen LogP contribution in [-0.4, -0.2) is 100 Å². The molecule has 2 aliphatic carbocycles. The van der Waals surface area contributed by atoms with Crippen molar-refractivity contribution in [3.05, 3.63) is 0 Å². The third kappa shape index (κ3) is 7.10. The lowest BCUT2D eigenvalue weighted by atomic mass is 9.65. The molecule has 11 nitrogen and oxygen atoms in total. The van der Waals surface area contributed by atoms with Crippen molar-refractivity contribution in [1.29, 1.82) is 0 Å². The molecule has 51 heavy (non-hydrogen) atoms. The van der Waals surface area contributed by atoms with Crippen LogP contribution in [0.1, 0.15) is 111 Å². The number of carbonyl (C=O) groups excluding carboxylic acids is 2. The summed E-state index contributed by atoms with van der Waals surface area (Å²) < 4.78 is 25.9. The van der Waals surface area contributed by atoms with Gasteiger partial charge in [-0.05, 0) is 96.9 Å². The number of piperidine rings is 2. The molecular formula is C38H62N4O7S2. The standard InChI is InChI=1S/C38H62N4O7S2/c1-20-15-25(43)31-27(46-20)19-26-23(33(31)44)18-29-36(2,48-26)12-14-50-51-38(10-5-4-6-11-38)32-22(9-13-41-34(32)40)24-16-21(17-30(39)42-24)7-8-28-37(3,49-28)35(45)47-29/h20-24,26-34,41-42,44H,4-19,39-40H2,1-3H3/t20?,21?,22?,23?,24?,26?,27?,28-,29-,30?,31?,32?,33?,34?,36-,37-/m0/s1. The molecular weight excluding hydrogens is 689 g/mol. The van der Waals surface area contributed by atoms with E-state index in [1.807, 2.05) is 24.6 Å². The summed E-state index contributed by atoms with van der Waals surface area (Å²) >= 11 is 0. The zero-order valence-corrected chi connectivity index (χ0v) is 32.4. The summed E-state index contributed by atoms with van der Waals surface area (Å²) in [4.78, 5) is 27.1. The molecule has 2 bridgehead atoms. The van der Waals surface area contributed by atoms with Crippen LogP contribution >= 0.6 is 21.6 Å². The second kappa shape index (κ2) is 14.5. The van der Waals surface area contributed by atoms with Crippen LogP contribution in [0.25, 0.3) is 0 Å². The maximum absolute atomic E-state index is 14.0. The molecule has 7 N–H and O–H groups in total. The molecule has 6 heterocycles. The Kier molecular flexibility index (Phi) is 10.7. The first kappa shape index (κ1) is 37.4. The first-order chi connectivity index (χ1) is 24.4. The lowest BCUT2D eigenvalue weighted by Gasteiger charge is -2.55. The van der Waals surface area contributed by atoms with E-state index in [0.29, 0.717) is 49.5 Å². The third-order valence-electron chi connectivity index (χ3n) is 14.5. The Labute approximate surface area is 311 Å². The zero-order chi connectivity index (χ0) is 35.7. The van der Waals surface area contributed by atoms with Crippen molar-refractivity contribution in [1.82, 2.24) is 10.6 Å². The van der Waals surface area contributed by atoms with Crippen molar-refractivity contribution >= 4 is 33.3 Å². The molecule has 8 aliphatic rings. The Morgan fingerprint density at radius 1 is 0.902 bits per heavy atom. The Bertz CT molecular complexity index is 1310. The average Bonchev–Trinajstić information content (AvgIpc) is 3.76. The van der Waals surface area contributed by atoms with Crippen LogP contribution in [0, 0.1) is 29.6 Å². The predicted molar refractivity (Wildman–Crippen MR) is 198 cm³/mol. The Hall–Kier alpha value is -0.480. The van der Waals surface area contributed by atoms with Crippen LogP contribution in [0.4, 0.5) is 0 Å². The summed E-state index contributed by atoms with van der Waals surface area (Å²) in [6.07, 6.45) is 10.3. The third-order valence-corrected chi connectivity index (χ3v) is 17.8. The fraction of sp³-hybridized carbons (Fsp3) is 0.947. The maximum atomic E-state index is 14.0. The van der Waals surface area contributed by atoms with Gasteiger partial charge in [-0.1, -0.05) is 40.9 Å². The fourth-order valence-electron chi connectivity index (χ4n) is 11.7. The normalized spacial score (nSPS) is 52.0. The van der Waals surface area contributed by atoms with Crippen molar-refractivity contribution in [3.8, 4) is 0 Å². The van der Waals surface area contributed by atoms with Gasteiger partial charge in [-0.3, -0.25) is 10.1 Å². The maximum Gasteiger partial charge on any atom is 0.341 e. The van der Waals surface area contributed by atoms with Gasteiger partial charge in [0.15, 0.2) is 5.60 Å². The van der Waals surface area contributed by atoms with Crippen LogP contribution < -0.4 is 22.1 Å². The minimum Gasteiger partial charge on any atom is -0.457 e. The highest BCUT2D eigenvalue weighted by molar-refractivity contribution is 8.77. The van der Waals surface area contributed by atoms with Gasteiger partial charge in [-0.2, -0.15) is 0 Å². The molecule has 288 valence electrons. The van der Waals surface area contributed by atoms with Crippen molar-refractivity contribution in [2.45, 2.75) is 182 Å². The van der Waals surface area contributed by atoms with Gasteiger partial charge in [0.2, 0.25) is 0 Å². The van der Waals surface area contributed by atoms with Crippen LogP contribution in [0.2, 0.25) is 0 Å². The van der Waals surface area contributed by atoms with Crippen LogP contribution in [-0.2, 0) is 28.5 Å². The Morgan fingerprint density at radius 3 is 2.51 bits per heavy atom. The Morgan fingerprint density at radius 2 is 1.71 bits per heavy atom. The van der Waals surface area contributed by atoms with Gasteiger partial charge in [0.1, 0.15) is 17.5 Å². The number of aliphatic hydroxyl groups is 1. The van der Waals surface area contributed by atoms with Gasteiger partial charge in [-0.25, -0.2) is 4.79 Å². The SMILES string of the molecule is CC1CC(=O)C2C(CC3O[C@@]4(C)CCSSC5(CCCCC5)C5C(N)NCCC5C5CC(CC[C@@H]6O[C@]6(C)C(=O)O[C@H]4CC3C2O)CC(N)N5)O1. The first-order valence-corrected chi connectivity index (χ1v) is 22.5. The van der Waals surface area contributed by atoms with Gasteiger partial charge < -0.3 is 40.8 Å². The molecule has 0 amide bonds. The molecule has 16 atom stereocenters. The number of hydrogen-bond donors (Lipinski definition) is 5. The molecule has 0 radical (unpaired) electrons. The van der Waals surface area contributed by atoms with Crippen molar-refractivity contribution < 1.29 is 33.6 Å². The van der Waals surface area contributed by atoms with E-state index >= 15 is 0 Å². The second-order valence-electron chi connectivity index (χ2n) is 17.9. The highest BCUT2D eigenvalue weighted by atomic mass is 33.1. The van der Waals surface area contributed by atoms with E-state index in [1.54, 1.807) is 0 Å². The molecule has 0 aromatic carbocycles. The van der Waals surface area contributed by atoms with Crippen molar-refractivity contribution in [3.63, 3.8) is 0 Å².